The molecule has 0 bridgehead atoms. The molecule has 1 fully saturated rings. The zero-order valence-corrected chi connectivity index (χ0v) is 15.2. The standard InChI is InChI=1S/C16H10Br2N2OS/c17-11-4-6-13(7-5-11)19-16-20-15(21)14(22-16)9-10-2-1-3-12(18)8-10/h1-9H,(H,19,20,21)/b14-9-. The number of amides is 1. The molecule has 1 heterocycles. The molecular weight excluding hydrogens is 428 g/mol. The SMILES string of the molecule is O=C1NC(=Nc2ccc(Br)cc2)S/C1=C\c1cccc(Br)c1. The second-order valence-corrected chi connectivity index (χ2v) is 7.38. The molecule has 0 saturated carbocycles. The van der Waals surface area contributed by atoms with E-state index < -0.39 is 0 Å². The molecule has 1 amide bonds. The molecule has 0 atom stereocenters. The number of hydrogen-bond acceptors (Lipinski definition) is 3. The van der Waals surface area contributed by atoms with Crippen molar-refractivity contribution in [1.82, 2.24) is 5.32 Å². The number of carbonyl (C=O) groups excluding carboxylic acids is 1. The molecule has 1 N–H and O–H groups in total. The van der Waals surface area contributed by atoms with E-state index in [1.54, 1.807) is 0 Å². The van der Waals surface area contributed by atoms with Crippen molar-refractivity contribution in [1.29, 1.82) is 0 Å². The van der Waals surface area contributed by atoms with Gasteiger partial charge in [-0.05, 0) is 59.8 Å². The van der Waals surface area contributed by atoms with E-state index in [1.165, 1.54) is 11.8 Å². The van der Waals surface area contributed by atoms with Gasteiger partial charge in [-0.25, -0.2) is 4.99 Å². The first kappa shape index (κ1) is 15.5. The van der Waals surface area contributed by atoms with Crippen molar-refractivity contribution in [2.24, 2.45) is 4.99 Å². The Kier molecular flexibility index (Phi) is 4.81. The third kappa shape index (κ3) is 3.88. The lowest BCUT2D eigenvalue weighted by atomic mass is 10.2. The first-order chi connectivity index (χ1) is 10.6. The van der Waals surface area contributed by atoms with Crippen molar-refractivity contribution in [3.05, 3.63) is 67.9 Å². The quantitative estimate of drug-likeness (QED) is 0.663. The van der Waals surface area contributed by atoms with E-state index in [2.05, 4.69) is 42.2 Å². The molecule has 1 aliphatic heterocycles. The number of aliphatic imine (C=N–C) groups is 1. The van der Waals surface area contributed by atoms with E-state index in [4.69, 9.17) is 0 Å². The van der Waals surface area contributed by atoms with Gasteiger partial charge in [-0.15, -0.1) is 0 Å². The molecule has 1 saturated heterocycles. The molecule has 0 spiro atoms. The van der Waals surface area contributed by atoms with E-state index in [0.29, 0.717) is 10.1 Å². The Morgan fingerprint density at radius 3 is 2.55 bits per heavy atom. The van der Waals surface area contributed by atoms with Gasteiger partial charge in [0.1, 0.15) is 0 Å². The van der Waals surface area contributed by atoms with E-state index in [1.807, 2.05) is 54.6 Å². The van der Waals surface area contributed by atoms with Gasteiger partial charge in [0.05, 0.1) is 10.6 Å². The number of rotatable bonds is 2. The Morgan fingerprint density at radius 2 is 1.82 bits per heavy atom. The summed E-state index contributed by atoms with van der Waals surface area (Å²) in [5.41, 5.74) is 1.77. The Morgan fingerprint density at radius 1 is 1.05 bits per heavy atom. The zero-order valence-electron chi connectivity index (χ0n) is 11.2. The van der Waals surface area contributed by atoms with Crippen molar-refractivity contribution >= 4 is 66.5 Å². The van der Waals surface area contributed by atoms with Gasteiger partial charge in [-0.2, -0.15) is 0 Å². The highest BCUT2D eigenvalue weighted by Gasteiger charge is 2.23. The predicted molar refractivity (Wildman–Crippen MR) is 99.1 cm³/mol. The molecule has 3 rings (SSSR count). The van der Waals surface area contributed by atoms with Crippen LogP contribution in [0.5, 0.6) is 0 Å². The largest absolute Gasteiger partial charge is 0.300 e. The maximum Gasteiger partial charge on any atom is 0.264 e. The number of hydrogen-bond donors (Lipinski definition) is 1. The molecule has 1 aliphatic rings. The topological polar surface area (TPSA) is 41.5 Å². The maximum atomic E-state index is 12.0. The lowest BCUT2D eigenvalue weighted by Crippen LogP contribution is -2.19. The second kappa shape index (κ2) is 6.81. The van der Waals surface area contributed by atoms with Crippen LogP contribution in [0.25, 0.3) is 6.08 Å². The molecule has 0 radical (unpaired) electrons. The Hall–Kier alpha value is -1.37. The fourth-order valence-corrected chi connectivity index (χ4v) is 3.38. The van der Waals surface area contributed by atoms with Crippen LogP contribution in [0.4, 0.5) is 5.69 Å². The van der Waals surface area contributed by atoms with Gasteiger partial charge in [0.25, 0.3) is 5.91 Å². The van der Waals surface area contributed by atoms with Crippen LogP contribution in [0.3, 0.4) is 0 Å². The average Bonchev–Trinajstić information content (AvgIpc) is 2.81. The van der Waals surface area contributed by atoms with Crippen LogP contribution >= 0.6 is 43.6 Å². The smallest absolute Gasteiger partial charge is 0.264 e. The monoisotopic (exact) mass is 436 g/mol. The summed E-state index contributed by atoms with van der Waals surface area (Å²) in [6, 6.07) is 15.4. The van der Waals surface area contributed by atoms with Gasteiger partial charge in [0, 0.05) is 8.95 Å². The van der Waals surface area contributed by atoms with Crippen molar-refractivity contribution < 1.29 is 4.79 Å². The van der Waals surface area contributed by atoms with Crippen LogP contribution in [-0.4, -0.2) is 11.1 Å². The predicted octanol–water partition coefficient (Wildman–Crippen LogP) is 5.10. The summed E-state index contributed by atoms with van der Waals surface area (Å²) in [6.45, 7) is 0. The maximum absolute atomic E-state index is 12.0. The van der Waals surface area contributed by atoms with Crippen LogP contribution in [0, 0.1) is 0 Å². The summed E-state index contributed by atoms with van der Waals surface area (Å²) >= 11 is 8.15. The molecule has 2 aromatic carbocycles. The lowest BCUT2D eigenvalue weighted by molar-refractivity contribution is -0.115. The van der Waals surface area contributed by atoms with Gasteiger partial charge >= 0.3 is 0 Å². The Bertz CT molecular complexity index is 785. The zero-order chi connectivity index (χ0) is 15.5. The van der Waals surface area contributed by atoms with Crippen molar-refractivity contribution in [3.63, 3.8) is 0 Å². The summed E-state index contributed by atoms with van der Waals surface area (Å²) in [7, 11) is 0. The van der Waals surface area contributed by atoms with Crippen molar-refractivity contribution in [3.8, 4) is 0 Å². The van der Waals surface area contributed by atoms with Crippen LogP contribution in [0.15, 0.2) is 67.4 Å². The van der Waals surface area contributed by atoms with Gasteiger partial charge in [-0.3, -0.25) is 4.79 Å². The number of nitrogens with one attached hydrogen (secondary N) is 1. The summed E-state index contributed by atoms with van der Waals surface area (Å²) in [5.74, 6) is -0.124. The molecule has 0 aliphatic carbocycles. The molecule has 2 aromatic rings. The van der Waals surface area contributed by atoms with Crippen LogP contribution in [0.2, 0.25) is 0 Å². The Labute approximate surface area is 149 Å². The third-order valence-corrected chi connectivity index (χ3v) is 4.79. The van der Waals surface area contributed by atoms with Crippen molar-refractivity contribution in [2.75, 3.05) is 0 Å². The summed E-state index contributed by atoms with van der Waals surface area (Å²) < 4.78 is 1.98. The second-order valence-electron chi connectivity index (χ2n) is 4.51. The minimum absolute atomic E-state index is 0.124. The van der Waals surface area contributed by atoms with Gasteiger partial charge in [0.2, 0.25) is 0 Å². The minimum atomic E-state index is -0.124. The average molecular weight is 438 g/mol. The van der Waals surface area contributed by atoms with Gasteiger partial charge in [0.15, 0.2) is 5.17 Å². The first-order valence-corrected chi connectivity index (χ1v) is 8.81. The molecule has 110 valence electrons. The van der Waals surface area contributed by atoms with Crippen LogP contribution in [-0.2, 0) is 4.79 Å². The molecule has 22 heavy (non-hydrogen) atoms. The highest BCUT2D eigenvalue weighted by Crippen LogP contribution is 2.28. The molecule has 0 aromatic heterocycles. The van der Waals surface area contributed by atoms with Crippen molar-refractivity contribution in [2.45, 2.75) is 0 Å². The lowest BCUT2D eigenvalue weighted by Gasteiger charge is -1.96. The van der Waals surface area contributed by atoms with Gasteiger partial charge < -0.3 is 5.32 Å². The fourth-order valence-electron chi connectivity index (χ4n) is 1.86. The number of carbonyl (C=O) groups is 1. The molecule has 0 unspecified atom stereocenters. The highest BCUT2D eigenvalue weighted by atomic mass is 79.9. The highest BCUT2D eigenvalue weighted by molar-refractivity contribution is 9.10. The summed E-state index contributed by atoms with van der Waals surface area (Å²) in [4.78, 5) is 17.1. The molecule has 6 heteroatoms. The van der Waals surface area contributed by atoms with E-state index in [0.717, 1.165) is 20.2 Å². The van der Waals surface area contributed by atoms with Crippen LogP contribution < -0.4 is 5.32 Å². The number of nitrogens with zero attached hydrogens (tertiary/aromatic N) is 1. The van der Waals surface area contributed by atoms with E-state index >= 15 is 0 Å². The fraction of sp³-hybridized carbons (Fsp3) is 0. The third-order valence-electron chi connectivity index (χ3n) is 2.85. The number of thioether (sulfide) groups is 1. The Balaban J connectivity index is 1.82. The molecule has 3 nitrogen and oxygen atoms in total. The normalized spacial score (nSPS) is 18.0. The first-order valence-electron chi connectivity index (χ1n) is 6.41. The number of benzene rings is 2. The minimum Gasteiger partial charge on any atom is -0.300 e. The van der Waals surface area contributed by atoms with Crippen LogP contribution in [0.1, 0.15) is 5.56 Å². The van der Waals surface area contributed by atoms with Gasteiger partial charge in [-0.1, -0.05) is 44.0 Å². The molecular formula is C16H10Br2N2OS. The van der Waals surface area contributed by atoms with E-state index in [-0.39, 0.29) is 5.91 Å². The number of amidine groups is 1. The summed E-state index contributed by atoms with van der Waals surface area (Å²) in [6.07, 6.45) is 1.86. The number of halogens is 2. The van der Waals surface area contributed by atoms with E-state index in [9.17, 15) is 4.79 Å². The summed E-state index contributed by atoms with van der Waals surface area (Å²) in [5, 5.41) is 3.38.